The van der Waals surface area contributed by atoms with Crippen LogP contribution in [0.4, 0.5) is 5.95 Å². The number of carbonyl (C=O) groups is 1. The molecule has 0 saturated carbocycles. The molecule has 0 bridgehead atoms. The van der Waals surface area contributed by atoms with Gasteiger partial charge in [0.05, 0.1) is 5.75 Å². The number of nitrogens with zero attached hydrogens (tertiary/aromatic N) is 3. The van der Waals surface area contributed by atoms with Crippen molar-refractivity contribution in [2.45, 2.75) is 12.1 Å². The lowest BCUT2D eigenvalue weighted by Crippen LogP contribution is -2.19. The van der Waals surface area contributed by atoms with E-state index in [0.717, 1.165) is 5.56 Å². The number of thioether (sulfide) groups is 1. The summed E-state index contributed by atoms with van der Waals surface area (Å²) < 4.78 is 1.20. The van der Waals surface area contributed by atoms with Gasteiger partial charge in [0.25, 0.3) is 5.95 Å². The maximum atomic E-state index is 12.0. The van der Waals surface area contributed by atoms with E-state index in [-0.39, 0.29) is 17.5 Å². The fourth-order valence-electron chi connectivity index (χ4n) is 1.43. The van der Waals surface area contributed by atoms with Gasteiger partial charge in [-0.2, -0.15) is 0 Å². The Morgan fingerprint density at radius 3 is 2.63 bits per heavy atom. The van der Waals surface area contributed by atoms with Crippen molar-refractivity contribution in [3.8, 4) is 0 Å². The van der Waals surface area contributed by atoms with Crippen LogP contribution in [-0.4, -0.2) is 26.4 Å². The molecule has 2 rings (SSSR count). The molecule has 100 valence electrons. The molecule has 0 aliphatic carbocycles. The first-order valence-electron chi connectivity index (χ1n) is 5.51. The quantitative estimate of drug-likeness (QED) is 0.317. The third-order valence-electron chi connectivity index (χ3n) is 2.50. The molecule has 0 aliphatic heterocycles. The molecule has 7 nitrogen and oxygen atoms in total. The summed E-state index contributed by atoms with van der Waals surface area (Å²) in [5.41, 5.74) is 4.09. The summed E-state index contributed by atoms with van der Waals surface area (Å²) in [5, 5.41) is 7.96. The summed E-state index contributed by atoms with van der Waals surface area (Å²) in [6.07, 6.45) is 0. The van der Waals surface area contributed by atoms with E-state index < -0.39 is 0 Å². The number of aryl methyl sites for hydroxylation is 1. The molecule has 0 unspecified atom stereocenters. The highest BCUT2D eigenvalue weighted by Gasteiger charge is 2.12. The van der Waals surface area contributed by atoms with Crippen LogP contribution in [0, 0.1) is 6.92 Å². The molecule has 0 saturated heterocycles. The highest BCUT2D eigenvalue weighted by molar-refractivity contribution is 7.99. The number of Topliss-reactive ketones (excluding diaryl/α,β-unsaturated/α-hetero) is 1. The SMILES string of the molecule is Cc1ccc(C(=O)CSc2nnc(NN)n2N)cc1. The number of carbonyl (C=O) groups excluding carboxylic acids is 1. The molecule has 8 heteroatoms. The predicted molar refractivity (Wildman–Crippen MR) is 74.2 cm³/mol. The molecule has 0 spiro atoms. The first kappa shape index (κ1) is 13.4. The molecule has 0 atom stereocenters. The van der Waals surface area contributed by atoms with Gasteiger partial charge in [-0.3, -0.25) is 10.2 Å². The molecule has 0 radical (unpaired) electrons. The van der Waals surface area contributed by atoms with Gasteiger partial charge in [-0.15, -0.1) is 10.2 Å². The summed E-state index contributed by atoms with van der Waals surface area (Å²) in [6.45, 7) is 1.97. The zero-order valence-electron chi connectivity index (χ0n) is 10.3. The number of nitrogens with one attached hydrogen (secondary N) is 1. The van der Waals surface area contributed by atoms with Crippen LogP contribution < -0.4 is 17.1 Å². The monoisotopic (exact) mass is 278 g/mol. The maximum Gasteiger partial charge on any atom is 0.258 e. The number of hydrogen-bond acceptors (Lipinski definition) is 7. The van der Waals surface area contributed by atoms with E-state index in [0.29, 0.717) is 10.7 Å². The maximum absolute atomic E-state index is 12.0. The van der Waals surface area contributed by atoms with Gasteiger partial charge in [0.1, 0.15) is 0 Å². The lowest BCUT2D eigenvalue weighted by Gasteiger charge is -2.03. The molecule has 1 heterocycles. The van der Waals surface area contributed by atoms with Gasteiger partial charge < -0.3 is 5.84 Å². The van der Waals surface area contributed by atoms with Gasteiger partial charge in [0.15, 0.2) is 5.78 Å². The molecule has 2 aromatic rings. The van der Waals surface area contributed by atoms with Crippen LogP contribution in [0.3, 0.4) is 0 Å². The molecular formula is C11H14N6OS. The second-order valence-corrected chi connectivity index (χ2v) is 4.84. The smallest absolute Gasteiger partial charge is 0.258 e. The summed E-state index contributed by atoms with van der Waals surface area (Å²) >= 11 is 1.21. The minimum atomic E-state index is 0.00950. The Hall–Kier alpha value is -2.06. The zero-order valence-corrected chi connectivity index (χ0v) is 11.1. The van der Waals surface area contributed by atoms with Crippen molar-refractivity contribution in [3.63, 3.8) is 0 Å². The average molecular weight is 278 g/mol. The van der Waals surface area contributed by atoms with Crippen molar-refractivity contribution in [2.24, 2.45) is 5.84 Å². The molecule has 0 aliphatic rings. The van der Waals surface area contributed by atoms with E-state index in [1.54, 1.807) is 12.1 Å². The number of nitrogen functional groups attached to an aromatic ring is 2. The Labute approximate surface area is 114 Å². The van der Waals surface area contributed by atoms with E-state index in [2.05, 4.69) is 15.6 Å². The van der Waals surface area contributed by atoms with E-state index in [4.69, 9.17) is 11.7 Å². The molecule has 0 amide bonds. The molecule has 1 aromatic heterocycles. The highest BCUT2D eigenvalue weighted by Crippen LogP contribution is 2.17. The lowest BCUT2D eigenvalue weighted by molar-refractivity contribution is 0.102. The van der Waals surface area contributed by atoms with Crippen molar-refractivity contribution in [3.05, 3.63) is 35.4 Å². The second-order valence-electron chi connectivity index (χ2n) is 3.90. The largest absolute Gasteiger partial charge is 0.334 e. The van der Waals surface area contributed by atoms with E-state index >= 15 is 0 Å². The molecule has 5 N–H and O–H groups in total. The summed E-state index contributed by atoms with van der Waals surface area (Å²) in [5.74, 6) is 11.4. The zero-order chi connectivity index (χ0) is 13.8. The number of aromatic nitrogens is 3. The molecular weight excluding hydrogens is 264 g/mol. The molecule has 1 aromatic carbocycles. The predicted octanol–water partition coefficient (Wildman–Crippen LogP) is 0.561. The van der Waals surface area contributed by atoms with Crippen LogP contribution in [-0.2, 0) is 0 Å². The van der Waals surface area contributed by atoms with E-state index in [9.17, 15) is 4.79 Å². The minimum absolute atomic E-state index is 0.00950. The van der Waals surface area contributed by atoms with E-state index in [1.807, 2.05) is 19.1 Å². The van der Waals surface area contributed by atoms with Gasteiger partial charge >= 0.3 is 0 Å². The number of hydrazine groups is 1. The fraction of sp³-hybridized carbons (Fsp3) is 0.182. The van der Waals surface area contributed by atoms with Gasteiger partial charge in [-0.25, -0.2) is 10.5 Å². The third-order valence-corrected chi connectivity index (χ3v) is 3.44. The van der Waals surface area contributed by atoms with Crippen LogP contribution >= 0.6 is 11.8 Å². The number of ketones is 1. The third kappa shape index (κ3) is 3.04. The number of hydrogen-bond donors (Lipinski definition) is 3. The number of nitrogens with two attached hydrogens (primary N) is 2. The van der Waals surface area contributed by atoms with Gasteiger partial charge in [0, 0.05) is 5.56 Å². The fourth-order valence-corrected chi connectivity index (χ4v) is 2.18. The van der Waals surface area contributed by atoms with Crippen LogP contribution in [0.2, 0.25) is 0 Å². The van der Waals surface area contributed by atoms with Crippen LogP contribution in [0.15, 0.2) is 29.4 Å². The Kier molecular flexibility index (Phi) is 4.03. The van der Waals surface area contributed by atoms with Gasteiger partial charge in [-0.05, 0) is 6.92 Å². The van der Waals surface area contributed by atoms with E-state index in [1.165, 1.54) is 16.4 Å². The highest BCUT2D eigenvalue weighted by atomic mass is 32.2. The van der Waals surface area contributed by atoms with Crippen LogP contribution in [0.25, 0.3) is 0 Å². The van der Waals surface area contributed by atoms with Crippen molar-refractivity contribution >= 4 is 23.5 Å². The van der Waals surface area contributed by atoms with Crippen molar-refractivity contribution in [1.82, 2.24) is 14.9 Å². The van der Waals surface area contributed by atoms with Gasteiger partial charge in [0.2, 0.25) is 5.16 Å². The van der Waals surface area contributed by atoms with Gasteiger partial charge in [-0.1, -0.05) is 41.6 Å². The Balaban J connectivity index is 2.00. The Morgan fingerprint density at radius 2 is 2.05 bits per heavy atom. The minimum Gasteiger partial charge on any atom is -0.334 e. The number of benzene rings is 1. The van der Waals surface area contributed by atoms with Crippen LogP contribution in [0.1, 0.15) is 15.9 Å². The van der Waals surface area contributed by atoms with Crippen molar-refractivity contribution < 1.29 is 4.79 Å². The Bertz CT molecular complexity index is 579. The lowest BCUT2D eigenvalue weighted by atomic mass is 10.1. The first-order valence-corrected chi connectivity index (χ1v) is 6.50. The van der Waals surface area contributed by atoms with Crippen LogP contribution in [0.5, 0.6) is 0 Å². The first-order chi connectivity index (χ1) is 9.11. The second kappa shape index (κ2) is 5.72. The summed E-state index contributed by atoms with van der Waals surface area (Å²) in [4.78, 5) is 12.0. The molecule has 0 fully saturated rings. The topological polar surface area (TPSA) is 112 Å². The summed E-state index contributed by atoms with van der Waals surface area (Å²) in [6, 6.07) is 7.41. The molecule has 19 heavy (non-hydrogen) atoms. The number of anilines is 1. The van der Waals surface area contributed by atoms with Crippen molar-refractivity contribution in [2.75, 3.05) is 17.0 Å². The summed E-state index contributed by atoms with van der Waals surface area (Å²) in [7, 11) is 0. The average Bonchev–Trinajstić information content (AvgIpc) is 2.77. The number of rotatable bonds is 5. The Morgan fingerprint density at radius 1 is 1.37 bits per heavy atom. The standard InChI is InChI=1S/C11H14N6OS/c1-7-2-4-8(5-3-7)9(18)6-19-11-16-15-10(14-12)17(11)13/h2-5H,6,12-13H2,1H3,(H,14,15). The normalized spacial score (nSPS) is 10.4. The van der Waals surface area contributed by atoms with Crippen molar-refractivity contribution in [1.29, 1.82) is 0 Å².